The number of hydrogen-bond donors (Lipinski definition) is 2. The lowest BCUT2D eigenvalue weighted by atomic mass is 9.79. The molecular weight excluding hydrogens is 482 g/mol. The lowest BCUT2D eigenvalue weighted by Crippen LogP contribution is -2.47. The van der Waals surface area contributed by atoms with Crippen molar-refractivity contribution >= 4 is 38.5 Å². The smallest absolute Gasteiger partial charge is 0.268 e. The van der Waals surface area contributed by atoms with Gasteiger partial charge in [-0.2, -0.15) is 0 Å². The van der Waals surface area contributed by atoms with Crippen LogP contribution in [0.15, 0.2) is 71.9 Å². The zero-order chi connectivity index (χ0) is 24.3. The normalized spacial score (nSPS) is 24.1. The fraction of sp³-hybridized carbons (Fsp3) is 0.308. The summed E-state index contributed by atoms with van der Waals surface area (Å²) in [5.41, 5.74) is 8.04. The second-order valence-electron chi connectivity index (χ2n) is 9.86. The van der Waals surface area contributed by atoms with E-state index in [0.29, 0.717) is 27.7 Å². The minimum Gasteiger partial charge on any atom is -0.349 e. The highest BCUT2D eigenvalue weighted by Crippen LogP contribution is 2.48. The quantitative estimate of drug-likeness (QED) is 0.384. The van der Waals surface area contributed by atoms with Gasteiger partial charge in [-0.1, -0.05) is 48.0 Å². The van der Waals surface area contributed by atoms with Crippen molar-refractivity contribution in [2.75, 3.05) is 5.32 Å². The highest BCUT2D eigenvalue weighted by Gasteiger charge is 2.49. The summed E-state index contributed by atoms with van der Waals surface area (Å²) in [5.74, 6) is 0.485. The number of nitrogens with zero attached hydrogens (tertiary/aromatic N) is 3. The van der Waals surface area contributed by atoms with Crippen LogP contribution in [-0.2, 0) is 10.0 Å². The number of fused-ring (bicyclic) bond motifs is 3. The molecule has 2 saturated carbocycles. The van der Waals surface area contributed by atoms with E-state index >= 15 is 0 Å². The van der Waals surface area contributed by atoms with Crippen molar-refractivity contribution in [3.8, 4) is 11.3 Å². The Bertz CT molecular complexity index is 1540. The highest BCUT2D eigenvalue weighted by atomic mass is 35.5. The fourth-order valence-electron chi connectivity index (χ4n) is 5.81. The van der Waals surface area contributed by atoms with Gasteiger partial charge in [0.05, 0.1) is 27.3 Å². The zero-order valence-corrected chi connectivity index (χ0v) is 20.7. The molecule has 180 valence electrons. The van der Waals surface area contributed by atoms with E-state index in [1.807, 2.05) is 18.2 Å². The van der Waals surface area contributed by atoms with Crippen LogP contribution in [-0.4, -0.2) is 33.4 Å². The maximum Gasteiger partial charge on any atom is 0.268 e. The van der Waals surface area contributed by atoms with Gasteiger partial charge in [0.15, 0.2) is 0 Å². The van der Waals surface area contributed by atoms with E-state index in [9.17, 15) is 8.42 Å². The molecule has 2 aromatic heterocycles. The molecule has 3 N–H and O–H groups in total. The Hall–Kier alpha value is -2.94. The van der Waals surface area contributed by atoms with Gasteiger partial charge in [-0.25, -0.2) is 22.4 Å². The van der Waals surface area contributed by atoms with Crippen LogP contribution in [0.4, 0.5) is 5.95 Å². The minimum atomic E-state index is -3.81. The number of nitrogens with one attached hydrogen (secondary N) is 1. The monoisotopic (exact) mass is 507 g/mol. The van der Waals surface area contributed by atoms with Crippen LogP contribution in [0.1, 0.15) is 38.5 Å². The number of anilines is 1. The lowest BCUT2D eigenvalue weighted by molar-refractivity contribution is 0.290. The first kappa shape index (κ1) is 22.5. The predicted octanol–water partition coefficient (Wildman–Crippen LogP) is 5.20. The molecule has 9 heteroatoms. The summed E-state index contributed by atoms with van der Waals surface area (Å²) in [6.45, 7) is 0. The Morgan fingerprint density at radius 2 is 1.77 bits per heavy atom. The fourth-order valence-corrected chi connectivity index (χ4v) is 7.39. The van der Waals surface area contributed by atoms with Crippen molar-refractivity contribution < 1.29 is 8.42 Å². The van der Waals surface area contributed by atoms with Gasteiger partial charge in [-0.15, -0.1) is 0 Å². The molecule has 35 heavy (non-hydrogen) atoms. The Kier molecular flexibility index (Phi) is 5.18. The Labute approximate surface area is 209 Å². The maximum atomic E-state index is 13.5. The van der Waals surface area contributed by atoms with Crippen molar-refractivity contribution in [1.29, 1.82) is 0 Å². The van der Waals surface area contributed by atoms with E-state index in [2.05, 4.69) is 10.3 Å². The summed E-state index contributed by atoms with van der Waals surface area (Å²) in [7, 11) is -3.81. The predicted molar refractivity (Wildman–Crippen MR) is 138 cm³/mol. The third-order valence-electron chi connectivity index (χ3n) is 7.48. The second kappa shape index (κ2) is 8.05. The minimum absolute atomic E-state index is 0.108. The van der Waals surface area contributed by atoms with Gasteiger partial charge >= 0.3 is 0 Å². The molecule has 2 bridgehead atoms. The molecular formula is C26H26ClN5O2S. The number of benzene rings is 2. The third kappa shape index (κ3) is 3.80. The number of halogens is 1. The van der Waals surface area contributed by atoms with Gasteiger partial charge in [0.2, 0.25) is 5.95 Å². The number of aromatic nitrogens is 3. The van der Waals surface area contributed by atoms with E-state index < -0.39 is 10.0 Å². The van der Waals surface area contributed by atoms with Gasteiger partial charge < -0.3 is 11.1 Å². The first-order valence-corrected chi connectivity index (χ1v) is 13.6. The largest absolute Gasteiger partial charge is 0.349 e. The summed E-state index contributed by atoms with van der Waals surface area (Å²) >= 11 is 6.58. The molecule has 2 heterocycles. The molecule has 4 aromatic rings. The van der Waals surface area contributed by atoms with Crippen LogP contribution < -0.4 is 11.1 Å². The van der Waals surface area contributed by atoms with E-state index in [1.165, 1.54) is 3.97 Å². The average Bonchev–Trinajstić information content (AvgIpc) is 3.35. The van der Waals surface area contributed by atoms with E-state index in [0.717, 1.165) is 43.9 Å². The average molecular weight is 508 g/mol. The van der Waals surface area contributed by atoms with Crippen LogP contribution in [0.25, 0.3) is 22.2 Å². The Morgan fingerprint density at radius 3 is 2.60 bits per heavy atom. The number of para-hydroxylation sites is 1. The van der Waals surface area contributed by atoms with Crippen LogP contribution in [0.5, 0.6) is 0 Å². The number of hydrogen-bond acceptors (Lipinski definition) is 6. The summed E-state index contributed by atoms with van der Waals surface area (Å²) in [6.07, 6.45) is 9.22. The molecule has 2 aliphatic rings. The molecule has 0 saturated heterocycles. The van der Waals surface area contributed by atoms with E-state index in [1.54, 1.807) is 48.8 Å². The van der Waals surface area contributed by atoms with Crippen LogP contribution >= 0.6 is 11.6 Å². The SMILES string of the molecule is NC12CCCC(Nc3ncc(Cl)c(-c4cn(S(=O)(=O)c5ccccc5)c5ccccc45)n3)(CC1)C2. The first-order chi connectivity index (χ1) is 16.8. The van der Waals surface area contributed by atoms with Crippen LogP contribution in [0.2, 0.25) is 5.02 Å². The van der Waals surface area contributed by atoms with Gasteiger partial charge in [-0.05, 0) is 56.7 Å². The molecule has 2 unspecified atom stereocenters. The molecule has 2 fully saturated rings. The van der Waals surface area contributed by atoms with Crippen molar-refractivity contribution in [1.82, 2.24) is 13.9 Å². The molecule has 0 aliphatic heterocycles. The van der Waals surface area contributed by atoms with Gasteiger partial charge in [0.25, 0.3) is 10.0 Å². The van der Waals surface area contributed by atoms with Crippen molar-refractivity contribution in [3.05, 3.63) is 72.0 Å². The number of rotatable bonds is 5. The van der Waals surface area contributed by atoms with Gasteiger partial charge in [0.1, 0.15) is 0 Å². The molecule has 7 nitrogen and oxygen atoms in total. The van der Waals surface area contributed by atoms with Crippen molar-refractivity contribution in [2.45, 2.75) is 54.5 Å². The molecule has 2 aliphatic carbocycles. The molecule has 2 atom stereocenters. The Morgan fingerprint density at radius 1 is 1.00 bits per heavy atom. The Balaban J connectivity index is 1.45. The van der Waals surface area contributed by atoms with E-state index in [-0.39, 0.29) is 16.0 Å². The van der Waals surface area contributed by atoms with E-state index in [4.69, 9.17) is 22.3 Å². The topological polar surface area (TPSA) is 103 Å². The highest BCUT2D eigenvalue weighted by molar-refractivity contribution is 7.90. The lowest BCUT2D eigenvalue weighted by Gasteiger charge is -2.38. The van der Waals surface area contributed by atoms with Gasteiger partial charge in [0, 0.05) is 28.2 Å². The third-order valence-corrected chi connectivity index (χ3v) is 9.44. The summed E-state index contributed by atoms with van der Waals surface area (Å²) < 4.78 is 28.3. The van der Waals surface area contributed by atoms with Crippen molar-refractivity contribution in [2.24, 2.45) is 5.73 Å². The zero-order valence-electron chi connectivity index (χ0n) is 19.1. The summed E-state index contributed by atoms with van der Waals surface area (Å²) in [6, 6.07) is 15.8. The second-order valence-corrected chi connectivity index (χ2v) is 12.1. The molecule has 0 radical (unpaired) electrons. The maximum absolute atomic E-state index is 13.5. The van der Waals surface area contributed by atoms with Crippen LogP contribution in [0.3, 0.4) is 0 Å². The standard InChI is InChI=1S/C26H26ClN5O2S/c27-21-15-29-24(31-26-12-6-11-25(28,17-26)13-14-26)30-23(21)20-16-32(22-10-5-4-9-19(20)22)35(33,34)18-7-2-1-3-8-18/h1-5,7-10,15-16H,6,11-14,17,28H2,(H,29,30,31). The summed E-state index contributed by atoms with van der Waals surface area (Å²) in [5, 5.41) is 4.68. The molecule has 0 amide bonds. The van der Waals surface area contributed by atoms with Gasteiger partial charge in [-0.3, -0.25) is 0 Å². The molecule has 2 aromatic carbocycles. The first-order valence-electron chi connectivity index (χ1n) is 11.8. The van der Waals surface area contributed by atoms with Crippen LogP contribution in [0, 0.1) is 0 Å². The van der Waals surface area contributed by atoms with Crippen molar-refractivity contribution in [3.63, 3.8) is 0 Å². The number of nitrogens with two attached hydrogens (primary N) is 1. The molecule has 6 rings (SSSR count). The molecule has 0 spiro atoms. The summed E-state index contributed by atoms with van der Waals surface area (Å²) in [4.78, 5) is 9.46.